The third kappa shape index (κ3) is 5.20. The Morgan fingerprint density at radius 3 is 2.42 bits per heavy atom. The maximum atomic E-state index is 13.1. The van der Waals surface area contributed by atoms with E-state index in [1.807, 2.05) is 0 Å². The molecule has 0 radical (unpaired) electrons. The molecule has 4 rings (SSSR count). The average molecular weight is 476 g/mol. The van der Waals surface area contributed by atoms with Gasteiger partial charge in [-0.1, -0.05) is 0 Å². The van der Waals surface area contributed by atoms with Crippen LogP contribution in [0.15, 0.2) is 47.4 Å². The summed E-state index contributed by atoms with van der Waals surface area (Å²) < 4.78 is 43.1. The van der Waals surface area contributed by atoms with Crippen molar-refractivity contribution in [3.8, 4) is 11.5 Å². The number of benzene rings is 2. The molecule has 2 heterocycles. The van der Waals surface area contributed by atoms with E-state index >= 15 is 0 Å². The number of amides is 2. The molecule has 11 heteroatoms. The fourth-order valence-corrected chi connectivity index (χ4v) is 5.29. The number of methoxy groups -OCH3 is 1. The predicted molar refractivity (Wildman–Crippen MR) is 120 cm³/mol. The Morgan fingerprint density at radius 2 is 1.70 bits per heavy atom. The van der Waals surface area contributed by atoms with Crippen molar-refractivity contribution in [1.29, 1.82) is 0 Å². The summed E-state index contributed by atoms with van der Waals surface area (Å²) in [4.78, 5) is 24.3. The van der Waals surface area contributed by atoms with Crippen molar-refractivity contribution in [3.05, 3.63) is 42.5 Å². The highest BCUT2D eigenvalue weighted by molar-refractivity contribution is 7.89. The van der Waals surface area contributed by atoms with Gasteiger partial charge in [-0.3, -0.25) is 10.1 Å². The largest absolute Gasteiger partial charge is 0.486 e. The van der Waals surface area contributed by atoms with E-state index < -0.39 is 22.0 Å². The fraction of sp³-hybridized carbons (Fsp3) is 0.364. The van der Waals surface area contributed by atoms with E-state index in [1.54, 1.807) is 18.2 Å². The molecule has 2 aliphatic heterocycles. The van der Waals surface area contributed by atoms with Gasteiger partial charge in [-0.05, 0) is 49.2 Å². The number of carbonyl (C=O) groups excluding carboxylic acids is 2. The van der Waals surface area contributed by atoms with Crippen LogP contribution in [0, 0.1) is 5.92 Å². The van der Waals surface area contributed by atoms with Crippen molar-refractivity contribution in [3.63, 3.8) is 0 Å². The first-order valence-corrected chi connectivity index (χ1v) is 12.0. The Kier molecular flexibility index (Phi) is 6.70. The summed E-state index contributed by atoms with van der Waals surface area (Å²) in [7, 11) is -2.55. The summed E-state index contributed by atoms with van der Waals surface area (Å²) in [6.45, 7) is 1.34. The summed E-state index contributed by atoms with van der Waals surface area (Å²) in [6.07, 6.45) is 0.513. The lowest BCUT2D eigenvalue weighted by Gasteiger charge is -2.31. The topological polar surface area (TPSA) is 123 Å². The molecule has 1 atom stereocenters. The fourth-order valence-electron chi connectivity index (χ4n) is 3.77. The highest BCUT2D eigenvalue weighted by Crippen LogP contribution is 2.33. The van der Waals surface area contributed by atoms with Gasteiger partial charge in [0.25, 0.3) is 0 Å². The van der Waals surface area contributed by atoms with Gasteiger partial charge in [-0.15, -0.1) is 0 Å². The van der Waals surface area contributed by atoms with Gasteiger partial charge in [0.2, 0.25) is 15.9 Å². The summed E-state index contributed by atoms with van der Waals surface area (Å²) in [5, 5.41) is 5.33. The second-order valence-corrected chi connectivity index (χ2v) is 9.63. The van der Waals surface area contributed by atoms with Crippen LogP contribution in [0.3, 0.4) is 0 Å². The first kappa shape index (κ1) is 22.9. The minimum atomic E-state index is -3.79. The Balaban J connectivity index is 1.42. The molecule has 10 nitrogen and oxygen atoms in total. The van der Waals surface area contributed by atoms with Crippen molar-refractivity contribution in [2.24, 2.45) is 5.92 Å². The molecule has 0 spiro atoms. The summed E-state index contributed by atoms with van der Waals surface area (Å²) in [6, 6.07) is 11.0. The molecule has 2 aromatic carbocycles. The highest BCUT2D eigenvalue weighted by Gasteiger charge is 2.33. The van der Waals surface area contributed by atoms with Gasteiger partial charge in [0.1, 0.15) is 13.2 Å². The first-order chi connectivity index (χ1) is 15.9. The zero-order chi connectivity index (χ0) is 23.4. The van der Waals surface area contributed by atoms with Crippen molar-refractivity contribution in [1.82, 2.24) is 4.31 Å². The van der Waals surface area contributed by atoms with Gasteiger partial charge in [0, 0.05) is 30.5 Å². The van der Waals surface area contributed by atoms with Crippen molar-refractivity contribution >= 4 is 33.4 Å². The number of carbonyl (C=O) groups is 2. The molecule has 0 aromatic heterocycles. The molecule has 176 valence electrons. The minimum Gasteiger partial charge on any atom is -0.486 e. The van der Waals surface area contributed by atoms with Gasteiger partial charge in [-0.25, -0.2) is 13.2 Å². The number of anilines is 2. The Labute approximate surface area is 191 Å². The number of rotatable bonds is 5. The van der Waals surface area contributed by atoms with E-state index in [9.17, 15) is 18.0 Å². The summed E-state index contributed by atoms with van der Waals surface area (Å²) in [5.74, 6) is 0.463. The van der Waals surface area contributed by atoms with E-state index in [4.69, 9.17) is 9.47 Å². The lowest BCUT2D eigenvalue weighted by atomic mass is 9.98. The summed E-state index contributed by atoms with van der Waals surface area (Å²) >= 11 is 0. The number of piperidine rings is 1. The van der Waals surface area contributed by atoms with E-state index in [0.717, 1.165) is 0 Å². The maximum Gasteiger partial charge on any atom is 0.411 e. The average Bonchev–Trinajstić information content (AvgIpc) is 2.84. The molecule has 2 N–H and O–H groups in total. The van der Waals surface area contributed by atoms with Crippen LogP contribution < -0.4 is 20.1 Å². The van der Waals surface area contributed by atoms with Crippen LogP contribution in [0.25, 0.3) is 0 Å². The van der Waals surface area contributed by atoms with Crippen LogP contribution in [0.4, 0.5) is 16.2 Å². The molecule has 0 unspecified atom stereocenters. The van der Waals surface area contributed by atoms with Gasteiger partial charge in [0.05, 0.1) is 17.9 Å². The van der Waals surface area contributed by atoms with E-state index in [2.05, 4.69) is 15.4 Å². The van der Waals surface area contributed by atoms with E-state index in [-0.39, 0.29) is 17.3 Å². The highest BCUT2D eigenvalue weighted by atomic mass is 32.2. The monoisotopic (exact) mass is 475 g/mol. The molecule has 0 saturated carbocycles. The molecule has 0 aliphatic carbocycles. The Hall–Kier alpha value is -3.31. The standard InChI is InChI=1S/C22H25N3O7S/c1-30-22(27)24-16-4-7-18(8-5-16)33(28,29)25-10-2-3-15(14-25)21(26)23-17-6-9-19-20(13-17)32-12-11-31-19/h4-9,13,15H,2-3,10-12,14H2,1H3,(H,23,26)(H,24,27)/t15-/m1/s1. The molecule has 2 aromatic rings. The third-order valence-electron chi connectivity index (χ3n) is 5.49. The van der Waals surface area contributed by atoms with Gasteiger partial charge < -0.3 is 19.5 Å². The van der Waals surface area contributed by atoms with Gasteiger partial charge in [0.15, 0.2) is 11.5 Å². The zero-order valence-electron chi connectivity index (χ0n) is 18.1. The molecule has 2 amide bonds. The van der Waals surface area contributed by atoms with Crippen LogP contribution in [-0.2, 0) is 19.6 Å². The number of hydrogen-bond acceptors (Lipinski definition) is 7. The second-order valence-electron chi connectivity index (χ2n) is 7.69. The quantitative estimate of drug-likeness (QED) is 0.681. The Morgan fingerprint density at radius 1 is 1.00 bits per heavy atom. The van der Waals surface area contributed by atoms with Crippen molar-refractivity contribution < 1.29 is 32.2 Å². The number of hydrogen-bond donors (Lipinski definition) is 2. The Bertz CT molecular complexity index is 1140. The van der Waals surface area contributed by atoms with Crippen LogP contribution in [0.2, 0.25) is 0 Å². The maximum absolute atomic E-state index is 13.1. The van der Waals surface area contributed by atoms with E-state index in [1.165, 1.54) is 35.7 Å². The SMILES string of the molecule is COC(=O)Nc1ccc(S(=O)(=O)N2CCC[C@@H](C(=O)Nc3ccc4c(c3)OCCO4)C2)cc1. The molecule has 2 aliphatic rings. The van der Waals surface area contributed by atoms with Crippen molar-refractivity contribution in [2.75, 3.05) is 44.0 Å². The van der Waals surface area contributed by atoms with Gasteiger partial charge >= 0.3 is 6.09 Å². The normalized spacial score (nSPS) is 18.3. The van der Waals surface area contributed by atoms with Gasteiger partial charge in [-0.2, -0.15) is 4.31 Å². The zero-order valence-corrected chi connectivity index (χ0v) is 18.9. The van der Waals surface area contributed by atoms with Crippen LogP contribution in [0.5, 0.6) is 11.5 Å². The smallest absolute Gasteiger partial charge is 0.411 e. The second kappa shape index (κ2) is 9.67. The number of fused-ring (bicyclic) bond motifs is 1. The molecule has 1 fully saturated rings. The lowest BCUT2D eigenvalue weighted by molar-refractivity contribution is -0.120. The molecular weight excluding hydrogens is 450 g/mol. The minimum absolute atomic E-state index is 0.0842. The molecule has 33 heavy (non-hydrogen) atoms. The molecule has 0 bridgehead atoms. The number of ether oxygens (including phenoxy) is 3. The van der Waals surface area contributed by atoms with Crippen molar-refractivity contribution in [2.45, 2.75) is 17.7 Å². The number of nitrogens with one attached hydrogen (secondary N) is 2. The number of sulfonamides is 1. The third-order valence-corrected chi connectivity index (χ3v) is 7.37. The first-order valence-electron chi connectivity index (χ1n) is 10.5. The lowest BCUT2D eigenvalue weighted by Crippen LogP contribution is -2.43. The number of nitrogens with zero attached hydrogens (tertiary/aromatic N) is 1. The summed E-state index contributed by atoms with van der Waals surface area (Å²) in [5.41, 5.74) is 0.981. The molecule has 1 saturated heterocycles. The molecular formula is C22H25N3O7S. The van der Waals surface area contributed by atoms with E-state index in [0.29, 0.717) is 55.5 Å². The van der Waals surface area contributed by atoms with Crippen LogP contribution in [0.1, 0.15) is 12.8 Å². The van der Waals surface area contributed by atoms with Crippen LogP contribution in [-0.4, -0.2) is 58.1 Å². The predicted octanol–water partition coefficient (Wildman–Crippen LogP) is 2.68. The van der Waals surface area contributed by atoms with Crippen LogP contribution >= 0.6 is 0 Å².